The predicted octanol–water partition coefficient (Wildman–Crippen LogP) is 3.54. The van der Waals surface area contributed by atoms with Gasteiger partial charge < -0.3 is 9.47 Å². The lowest BCUT2D eigenvalue weighted by Crippen LogP contribution is -2.31. The van der Waals surface area contributed by atoms with Gasteiger partial charge in [0.15, 0.2) is 11.5 Å². The summed E-state index contributed by atoms with van der Waals surface area (Å²) < 4.78 is 11.0. The highest BCUT2D eigenvalue weighted by Gasteiger charge is 2.40. The van der Waals surface area contributed by atoms with Crippen molar-refractivity contribution in [3.05, 3.63) is 47.5 Å². The zero-order valence-corrected chi connectivity index (χ0v) is 14.7. The van der Waals surface area contributed by atoms with Gasteiger partial charge in [0.05, 0.1) is 10.9 Å². The Morgan fingerprint density at radius 2 is 1.72 bits per heavy atom. The first-order valence-electron chi connectivity index (χ1n) is 7.80. The topological polar surface area (TPSA) is 55.8 Å². The molecular formula is C18H14ClNO4S. The Bertz CT molecular complexity index is 839. The zero-order chi connectivity index (χ0) is 17.4. The first-order valence-corrected chi connectivity index (χ1v) is 9.06. The molecule has 2 aromatic rings. The number of fused-ring (bicyclic) bond motifs is 1. The number of hydrogen-bond acceptors (Lipinski definition) is 5. The third-order valence-corrected chi connectivity index (χ3v) is 5.43. The van der Waals surface area contributed by atoms with Crippen molar-refractivity contribution in [1.82, 2.24) is 0 Å². The molecule has 0 radical (unpaired) electrons. The summed E-state index contributed by atoms with van der Waals surface area (Å²) in [4.78, 5) is 27.3. The fourth-order valence-electron chi connectivity index (χ4n) is 2.82. The van der Waals surface area contributed by atoms with Gasteiger partial charge in [0.1, 0.15) is 13.2 Å². The summed E-state index contributed by atoms with van der Waals surface area (Å²) >= 11 is 7.25. The van der Waals surface area contributed by atoms with Crippen molar-refractivity contribution in [2.45, 2.75) is 16.6 Å². The molecule has 0 unspecified atom stereocenters. The number of nitrogens with zero attached hydrogens (tertiary/aromatic N) is 1. The zero-order valence-electron chi connectivity index (χ0n) is 13.1. The number of amides is 2. The molecule has 2 aliphatic rings. The van der Waals surface area contributed by atoms with E-state index in [0.717, 1.165) is 4.90 Å². The normalized spacial score (nSPS) is 19.4. The minimum atomic E-state index is -0.443. The Morgan fingerprint density at radius 1 is 1.00 bits per heavy atom. The number of carbonyl (C=O) groups is 2. The lowest BCUT2D eigenvalue weighted by Gasteiger charge is -2.21. The summed E-state index contributed by atoms with van der Waals surface area (Å²) in [7, 11) is 0. The van der Waals surface area contributed by atoms with Crippen LogP contribution < -0.4 is 14.4 Å². The molecular weight excluding hydrogens is 362 g/mol. The molecule has 0 aromatic heterocycles. The highest BCUT2D eigenvalue weighted by atomic mass is 35.5. The van der Waals surface area contributed by atoms with Crippen molar-refractivity contribution < 1.29 is 19.1 Å². The number of halogens is 1. The van der Waals surface area contributed by atoms with Crippen LogP contribution in [0.25, 0.3) is 0 Å². The molecule has 4 rings (SSSR count). The van der Waals surface area contributed by atoms with Crippen molar-refractivity contribution in [3.63, 3.8) is 0 Å². The molecule has 0 saturated carbocycles. The molecule has 7 heteroatoms. The van der Waals surface area contributed by atoms with Crippen LogP contribution in [0.1, 0.15) is 6.42 Å². The number of anilines is 1. The van der Waals surface area contributed by atoms with Crippen molar-refractivity contribution >= 4 is 40.9 Å². The predicted molar refractivity (Wildman–Crippen MR) is 95.6 cm³/mol. The molecule has 2 aromatic carbocycles. The van der Waals surface area contributed by atoms with Gasteiger partial charge in [0, 0.05) is 22.4 Å². The number of carbonyl (C=O) groups excluding carboxylic acids is 2. The lowest BCUT2D eigenvalue weighted by atomic mass is 10.2. The molecule has 1 saturated heterocycles. The Hall–Kier alpha value is -2.18. The highest BCUT2D eigenvalue weighted by Crippen LogP contribution is 2.38. The van der Waals surface area contributed by atoms with Gasteiger partial charge in [0.2, 0.25) is 11.8 Å². The smallest absolute Gasteiger partial charge is 0.247 e. The molecule has 0 bridgehead atoms. The van der Waals surface area contributed by atoms with Crippen LogP contribution in [0.15, 0.2) is 47.4 Å². The molecule has 2 aliphatic heterocycles. The molecule has 0 aliphatic carbocycles. The number of hydrogen-bond donors (Lipinski definition) is 0. The number of ether oxygens (including phenoxy) is 2. The van der Waals surface area contributed by atoms with Crippen LogP contribution in [0.4, 0.5) is 5.69 Å². The second kappa shape index (κ2) is 6.61. The molecule has 128 valence electrons. The molecule has 5 nitrogen and oxygen atoms in total. The van der Waals surface area contributed by atoms with E-state index < -0.39 is 5.25 Å². The average molecular weight is 376 g/mol. The van der Waals surface area contributed by atoms with E-state index in [4.69, 9.17) is 21.1 Å². The van der Waals surface area contributed by atoms with E-state index in [1.54, 1.807) is 30.3 Å². The molecule has 0 spiro atoms. The summed E-state index contributed by atoms with van der Waals surface area (Å²) in [6, 6.07) is 12.3. The van der Waals surface area contributed by atoms with Crippen LogP contribution >= 0.6 is 23.4 Å². The second-order valence-electron chi connectivity index (χ2n) is 5.66. The maximum Gasteiger partial charge on any atom is 0.247 e. The van der Waals surface area contributed by atoms with Gasteiger partial charge in [-0.05, 0) is 36.4 Å². The quantitative estimate of drug-likeness (QED) is 0.768. The van der Waals surface area contributed by atoms with E-state index in [1.807, 2.05) is 12.1 Å². The van der Waals surface area contributed by atoms with Crippen molar-refractivity contribution in [1.29, 1.82) is 0 Å². The van der Waals surface area contributed by atoms with Crippen LogP contribution in [0, 0.1) is 0 Å². The third kappa shape index (κ3) is 3.19. The fourth-order valence-corrected chi connectivity index (χ4v) is 4.00. The highest BCUT2D eigenvalue weighted by molar-refractivity contribution is 8.00. The van der Waals surface area contributed by atoms with E-state index in [9.17, 15) is 9.59 Å². The molecule has 2 amide bonds. The SMILES string of the molecule is O=C1C[C@@H](Sc2ccc(Cl)cc2)C(=O)N1c1ccc2c(c1)OCCO2. The number of rotatable bonds is 3. The Labute approximate surface area is 153 Å². The Balaban J connectivity index is 1.56. The van der Waals surface area contributed by atoms with Gasteiger partial charge in [0.25, 0.3) is 0 Å². The average Bonchev–Trinajstić information content (AvgIpc) is 2.90. The van der Waals surface area contributed by atoms with E-state index in [2.05, 4.69) is 0 Å². The van der Waals surface area contributed by atoms with Gasteiger partial charge in [-0.3, -0.25) is 9.59 Å². The molecule has 1 fully saturated rings. The fraction of sp³-hybridized carbons (Fsp3) is 0.222. The third-order valence-electron chi connectivity index (χ3n) is 3.98. The standard InChI is InChI=1S/C18H14ClNO4S/c19-11-1-4-13(5-2-11)25-16-10-17(21)20(18(16)22)12-3-6-14-15(9-12)24-8-7-23-14/h1-6,9,16H,7-8,10H2/t16-/m1/s1. The van der Waals surface area contributed by atoms with Gasteiger partial charge >= 0.3 is 0 Å². The summed E-state index contributed by atoms with van der Waals surface area (Å²) in [6.45, 7) is 0.946. The Morgan fingerprint density at radius 3 is 2.48 bits per heavy atom. The molecule has 1 atom stereocenters. The lowest BCUT2D eigenvalue weighted by molar-refractivity contribution is -0.121. The first kappa shape index (κ1) is 16.3. The molecule has 25 heavy (non-hydrogen) atoms. The first-order chi connectivity index (χ1) is 12.1. The van der Waals surface area contributed by atoms with Gasteiger partial charge in [-0.2, -0.15) is 0 Å². The van der Waals surface area contributed by atoms with Crippen molar-refractivity contribution in [2.75, 3.05) is 18.1 Å². The molecule has 0 N–H and O–H groups in total. The van der Waals surface area contributed by atoms with Gasteiger partial charge in [-0.1, -0.05) is 11.6 Å². The van der Waals surface area contributed by atoms with Gasteiger partial charge in [-0.15, -0.1) is 11.8 Å². The largest absolute Gasteiger partial charge is 0.486 e. The second-order valence-corrected chi connectivity index (χ2v) is 7.37. The van der Waals surface area contributed by atoms with Crippen LogP contribution in [0.5, 0.6) is 11.5 Å². The maximum absolute atomic E-state index is 12.7. The minimum Gasteiger partial charge on any atom is -0.486 e. The maximum atomic E-state index is 12.7. The van der Waals surface area contributed by atoms with E-state index in [-0.39, 0.29) is 18.2 Å². The van der Waals surface area contributed by atoms with Gasteiger partial charge in [-0.25, -0.2) is 4.90 Å². The summed E-state index contributed by atoms with van der Waals surface area (Å²) in [5.41, 5.74) is 0.512. The number of imide groups is 1. The summed E-state index contributed by atoms with van der Waals surface area (Å²) in [6.07, 6.45) is 0.167. The summed E-state index contributed by atoms with van der Waals surface area (Å²) in [5.74, 6) is 0.745. The number of benzene rings is 2. The monoisotopic (exact) mass is 375 g/mol. The van der Waals surface area contributed by atoms with E-state index in [1.165, 1.54) is 16.7 Å². The van der Waals surface area contributed by atoms with Crippen LogP contribution in [0.2, 0.25) is 5.02 Å². The Kier molecular flexibility index (Phi) is 4.31. The van der Waals surface area contributed by atoms with Crippen LogP contribution in [0.3, 0.4) is 0 Å². The minimum absolute atomic E-state index is 0.167. The van der Waals surface area contributed by atoms with E-state index in [0.29, 0.717) is 35.4 Å². The van der Waals surface area contributed by atoms with Crippen molar-refractivity contribution in [2.24, 2.45) is 0 Å². The van der Waals surface area contributed by atoms with Crippen LogP contribution in [-0.4, -0.2) is 30.3 Å². The summed E-state index contributed by atoms with van der Waals surface area (Å²) in [5, 5.41) is 0.193. The van der Waals surface area contributed by atoms with Crippen LogP contribution in [-0.2, 0) is 9.59 Å². The molecule has 2 heterocycles. The van der Waals surface area contributed by atoms with E-state index >= 15 is 0 Å². The van der Waals surface area contributed by atoms with Crippen molar-refractivity contribution in [3.8, 4) is 11.5 Å². The number of thioether (sulfide) groups is 1.